The van der Waals surface area contributed by atoms with E-state index < -0.39 is 29.0 Å². The molecular formula is C81H107F3N14O12. The van der Waals surface area contributed by atoms with Crippen LogP contribution in [0.2, 0.25) is 0 Å². The van der Waals surface area contributed by atoms with Crippen LogP contribution in [0.5, 0.6) is 34.5 Å². The Morgan fingerprint density at radius 1 is 0.527 bits per heavy atom. The van der Waals surface area contributed by atoms with Crippen molar-refractivity contribution in [3.8, 4) is 34.5 Å². The van der Waals surface area contributed by atoms with E-state index in [9.17, 15) is 23.6 Å². The Labute approximate surface area is 640 Å². The van der Waals surface area contributed by atoms with Gasteiger partial charge in [-0.1, -0.05) is 69.6 Å². The standard InChI is InChI=1S/C26H33FN4O3.C25H32FN5O3.C15H17FN4O2.C15H25NO4/c1-33-20-14-19-23(22(27)24(20)34-2)29-26(30-25(19)28)16-7-9-31(10-8-16)21(32)13-15-11-17-5-3-4-6-18(17)12-15;1-33-19-13-17-22(21(26)23(19)34-2)29-25(30-24(17)27)14-7-9-31(10-8-14)20(32)12-16-11-15-5-3-4-6-18(15)28-16;1-21-10-7-9-12(11(16)13(10)22-2)19-15(20-14(9)17)8-3-5-18-6-4-8;1-15(2,3)20-14(19)16-11(9-13(17)18)8-10-6-4-5-7-12(10)16/h7,14-15,17-18H,3-6,8-13H2,1-2H3,(H2,28,29,30);7,13,15-16,18,28H,3-6,8-12H2,1-2H3,(H2,27,29,30);3,7,18H,4-6H2,1-2H3,(H2,17,19,20);10-12H,4-9H2,1-3H3,(H,17,18)/t15?,17-,18+;15-,16-,18-;;10-,11-,12-/m.0.0/s1. The molecule has 29 heteroatoms. The molecule has 3 amide bonds. The summed E-state index contributed by atoms with van der Waals surface area (Å²) in [4.78, 5) is 81.3. The molecule has 9 atom stereocenters. The molecule has 6 fully saturated rings. The van der Waals surface area contributed by atoms with Crippen LogP contribution in [-0.2, 0) is 19.1 Å². The summed E-state index contributed by atoms with van der Waals surface area (Å²) < 4.78 is 81.3. The quantitative estimate of drug-likeness (QED) is 0.0556. The van der Waals surface area contributed by atoms with Crippen LogP contribution < -0.4 is 56.3 Å². The largest absolute Gasteiger partial charge is 0.493 e. The number of ether oxygens (including phenoxy) is 7. The molecule has 8 heterocycles. The molecule has 4 aliphatic carbocycles. The molecule has 3 aromatic carbocycles. The van der Waals surface area contributed by atoms with Gasteiger partial charge in [-0.05, 0) is 162 Å². The topological polar surface area (TPSA) is 342 Å². The maximum Gasteiger partial charge on any atom is 0.410 e. The number of benzene rings is 3. The van der Waals surface area contributed by atoms with Crippen molar-refractivity contribution in [2.24, 2.45) is 29.6 Å². The second-order valence-corrected chi connectivity index (χ2v) is 31.4. The first-order valence-electron chi connectivity index (χ1n) is 38.9. The van der Waals surface area contributed by atoms with Crippen LogP contribution in [-0.4, -0.2) is 185 Å². The molecule has 9 aliphatic rings. The van der Waals surface area contributed by atoms with Crippen LogP contribution >= 0.6 is 0 Å². The van der Waals surface area contributed by atoms with Crippen molar-refractivity contribution in [3.05, 3.63) is 71.4 Å². The van der Waals surface area contributed by atoms with Gasteiger partial charge < -0.3 is 80.8 Å². The SMILES string of the molecule is CC(C)(C)OC(=O)N1[C@H](CC(=O)O)C[C@@H]2CCCC[C@@H]21.COc1cc2c(N)nc(C3=CCN(C(=O)CC4C[C@H]5CCCC[C@H]5C4)CC3)nc2c(F)c1OC.COc1cc2c(N)nc(C3=CCN(C(=O)C[C@@H]4C[C@@H]5CCCC[C@@H]5N4)CC3)nc2c(F)c1OC.COc1cc2c(N)nc(C3=CCNCC3)nc2c(F)c1OC. The predicted octanol–water partition coefficient (Wildman–Crippen LogP) is 12.7. The third kappa shape index (κ3) is 17.9. The molecule has 26 nitrogen and oxygen atoms in total. The number of hydrogen-bond acceptors (Lipinski definition) is 22. The number of carboxylic acids is 1. The van der Waals surface area contributed by atoms with Crippen molar-refractivity contribution in [2.75, 3.05) is 99.1 Å². The number of rotatable bonds is 15. The number of aromatic nitrogens is 6. The summed E-state index contributed by atoms with van der Waals surface area (Å²) in [6.07, 6.45) is 28.0. The first-order valence-corrected chi connectivity index (χ1v) is 38.9. The summed E-state index contributed by atoms with van der Waals surface area (Å²) in [5.74, 6) is 3.62. The van der Waals surface area contributed by atoms with Crippen molar-refractivity contribution >= 4 is 90.8 Å². The van der Waals surface area contributed by atoms with Gasteiger partial charge in [0.25, 0.3) is 0 Å². The maximum absolute atomic E-state index is 15.1. The van der Waals surface area contributed by atoms with Gasteiger partial charge in [-0.3, -0.25) is 14.4 Å². The van der Waals surface area contributed by atoms with Gasteiger partial charge in [0.15, 0.2) is 69.4 Å². The summed E-state index contributed by atoms with van der Waals surface area (Å²) in [5, 5.41) is 17.1. The molecule has 6 aromatic rings. The van der Waals surface area contributed by atoms with Crippen LogP contribution in [0.25, 0.3) is 49.4 Å². The van der Waals surface area contributed by atoms with Crippen LogP contribution in [0.4, 0.5) is 35.4 Å². The highest BCUT2D eigenvalue weighted by Crippen LogP contribution is 2.48. The van der Waals surface area contributed by atoms with Crippen molar-refractivity contribution in [1.29, 1.82) is 0 Å². The highest BCUT2D eigenvalue weighted by atomic mass is 19.1. The minimum atomic E-state index is -0.845. The van der Waals surface area contributed by atoms with Crippen molar-refractivity contribution in [3.63, 3.8) is 0 Å². The Kier molecular flexibility index (Phi) is 25.6. The number of nitrogens with zero attached hydrogens (tertiary/aromatic N) is 9. The third-order valence-electron chi connectivity index (χ3n) is 23.3. The molecule has 0 radical (unpaired) electrons. The van der Waals surface area contributed by atoms with Gasteiger partial charge in [0.2, 0.25) is 11.8 Å². The monoisotopic (exact) mass is 1520 g/mol. The molecule has 2 saturated heterocycles. The molecule has 1 unspecified atom stereocenters. The highest BCUT2D eigenvalue weighted by molar-refractivity contribution is 5.95. The van der Waals surface area contributed by atoms with Gasteiger partial charge in [0.1, 0.15) is 39.6 Å². The maximum atomic E-state index is 15.1. The number of fused-ring (bicyclic) bond motifs is 6. The zero-order chi connectivity index (χ0) is 78.2. The fourth-order valence-electron chi connectivity index (χ4n) is 18.0. The van der Waals surface area contributed by atoms with E-state index in [2.05, 4.69) is 40.5 Å². The van der Waals surface area contributed by atoms with E-state index in [4.69, 9.17) is 55.5 Å². The van der Waals surface area contributed by atoms with Crippen LogP contribution in [0, 0.1) is 47.0 Å². The minimum absolute atomic E-state index is 0.0124. The number of methoxy groups -OCH3 is 6. The van der Waals surface area contributed by atoms with Gasteiger partial charge in [-0.15, -0.1) is 0 Å². The summed E-state index contributed by atoms with van der Waals surface area (Å²) in [6, 6.07) is 5.59. The number of nitrogens with two attached hydrogens (primary N) is 3. The molecule has 9 N–H and O–H groups in total. The number of nitrogen functional groups attached to an aromatic ring is 3. The van der Waals surface area contributed by atoms with Gasteiger partial charge in [-0.25, -0.2) is 47.9 Å². The van der Waals surface area contributed by atoms with Gasteiger partial charge in [0.05, 0.1) is 49.1 Å². The lowest BCUT2D eigenvalue weighted by molar-refractivity contribution is -0.138. The van der Waals surface area contributed by atoms with Crippen molar-refractivity contribution < 1.29 is 70.6 Å². The number of anilines is 3. The highest BCUT2D eigenvalue weighted by Gasteiger charge is 2.47. The zero-order valence-electron chi connectivity index (χ0n) is 64.8. The Bertz CT molecular complexity index is 4290. The molecule has 0 bridgehead atoms. The van der Waals surface area contributed by atoms with E-state index in [0.29, 0.717) is 103 Å². The summed E-state index contributed by atoms with van der Waals surface area (Å²) in [6.45, 7) is 9.29. The Morgan fingerprint density at radius 3 is 1.37 bits per heavy atom. The summed E-state index contributed by atoms with van der Waals surface area (Å²) >= 11 is 0. The predicted molar refractivity (Wildman–Crippen MR) is 414 cm³/mol. The molecule has 594 valence electrons. The molecule has 4 saturated carbocycles. The average molecular weight is 1530 g/mol. The normalized spacial score (nSPS) is 23.6. The number of carboxylic acid groups (broad SMARTS) is 1. The first-order chi connectivity index (χ1) is 52.9. The van der Waals surface area contributed by atoms with E-state index in [1.807, 2.05) is 48.8 Å². The fraction of sp³-hybridized carbons (Fsp3) is 0.580. The smallest absolute Gasteiger partial charge is 0.410 e. The lowest BCUT2D eigenvalue weighted by atomic mass is 9.82. The van der Waals surface area contributed by atoms with E-state index in [1.165, 1.54) is 113 Å². The van der Waals surface area contributed by atoms with Crippen molar-refractivity contribution in [2.45, 2.75) is 192 Å². The number of carbonyl (C=O) groups is 4. The number of halogens is 3. The van der Waals surface area contributed by atoms with Crippen molar-refractivity contribution in [1.82, 2.24) is 55.2 Å². The molecule has 5 aliphatic heterocycles. The molecule has 110 heavy (non-hydrogen) atoms. The Balaban J connectivity index is 0.000000140. The Morgan fingerprint density at radius 2 is 0.964 bits per heavy atom. The minimum Gasteiger partial charge on any atom is -0.493 e. The molecule has 0 spiro atoms. The number of amides is 3. The van der Waals surface area contributed by atoms with E-state index in [0.717, 1.165) is 86.1 Å². The zero-order valence-corrected chi connectivity index (χ0v) is 64.8. The number of likely N-dealkylation sites (tertiary alicyclic amines) is 1. The first kappa shape index (κ1) is 80.0. The lowest BCUT2D eigenvalue weighted by Gasteiger charge is -2.35. The van der Waals surface area contributed by atoms with E-state index >= 15 is 8.78 Å². The molecular weight excluding hydrogens is 1420 g/mol. The average Bonchev–Trinajstić information content (AvgIpc) is 1.23. The lowest BCUT2D eigenvalue weighted by Crippen LogP contribution is -2.46. The second kappa shape index (κ2) is 35.2. The third-order valence-corrected chi connectivity index (χ3v) is 23.3. The van der Waals surface area contributed by atoms with E-state index in [-0.39, 0.29) is 111 Å². The summed E-state index contributed by atoms with van der Waals surface area (Å²) in [7, 11) is 8.45. The van der Waals surface area contributed by atoms with Crippen LogP contribution in [0.1, 0.15) is 180 Å². The van der Waals surface area contributed by atoms with Crippen LogP contribution in [0.3, 0.4) is 0 Å². The number of carbonyl (C=O) groups excluding carboxylic acids is 3. The molecule has 3 aromatic heterocycles. The second-order valence-electron chi connectivity index (χ2n) is 31.4. The molecule has 15 rings (SSSR count). The van der Waals surface area contributed by atoms with Crippen LogP contribution in [0.15, 0.2) is 36.4 Å². The fourth-order valence-corrected chi connectivity index (χ4v) is 18.0. The van der Waals surface area contributed by atoms with E-state index in [1.54, 1.807) is 23.1 Å². The number of aliphatic carboxylic acids is 1. The van der Waals surface area contributed by atoms with Gasteiger partial charge >= 0.3 is 12.1 Å². The number of nitrogens with one attached hydrogen (secondary N) is 2. The Hall–Kier alpha value is -9.51. The van der Waals surface area contributed by atoms with Gasteiger partial charge in [0, 0.05) is 85.9 Å². The summed E-state index contributed by atoms with van der Waals surface area (Å²) in [5.41, 5.74) is 20.8. The number of hydrogen-bond donors (Lipinski definition) is 6. The van der Waals surface area contributed by atoms with Gasteiger partial charge in [-0.2, -0.15) is 0 Å².